The lowest BCUT2D eigenvalue weighted by atomic mass is 9.85. The van der Waals surface area contributed by atoms with E-state index in [2.05, 4.69) is 27.5 Å². The zero-order valence-electron chi connectivity index (χ0n) is 19.8. The fourth-order valence-electron chi connectivity index (χ4n) is 5.05. The SMILES string of the molecule is C[C@@H]1COCC[C@@H]1Nc1ncc2nc(Nc3c(F)cc(F)cc3F)n(C3CCC(C(N)=O)CC3)c2n1. The maximum absolute atomic E-state index is 14.4. The van der Waals surface area contributed by atoms with Crippen LogP contribution in [0, 0.1) is 29.3 Å². The first-order valence-corrected chi connectivity index (χ1v) is 12.1. The van der Waals surface area contributed by atoms with Gasteiger partial charge in [-0.25, -0.2) is 23.1 Å². The Labute approximate surface area is 205 Å². The summed E-state index contributed by atoms with van der Waals surface area (Å²) in [6, 6.07) is 1.20. The Hall–Kier alpha value is -3.41. The number of carbonyl (C=O) groups excluding carboxylic acids is 1. The van der Waals surface area contributed by atoms with Crippen molar-refractivity contribution in [1.29, 1.82) is 0 Å². The molecule has 2 fully saturated rings. The summed E-state index contributed by atoms with van der Waals surface area (Å²) in [7, 11) is 0. The molecule has 0 radical (unpaired) electrons. The number of benzene rings is 1. The van der Waals surface area contributed by atoms with Crippen LogP contribution in [0.25, 0.3) is 11.2 Å². The van der Waals surface area contributed by atoms with Gasteiger partial charge in [0, 0.05) is 36.7 Å². The van der Waals surface area contributed by atoms with E-state index in [1.807, 2.05) is 0 Å². The number of carbonyl (C=O) groups is 1. The highest BCUT2D eigenvalue weighted by atomic mass is 19.1. The molecule has 0 unspecified atom stereocenters. The number of hydrogen-bond acceptors (Lipinski definition) is 7. The summed E-state index contributed by atoms with van der Waals surface area (Å²) in [6.45, 7) is 3.38. The summed E-state index contributed by atoms with van der Waals surface area (Å²) >= 11 is 0. The maximum Gasteiger partial charge on any atom is 0.224 e. The van der Waals surface area contributed by atoms with Gasteiger partial charge in [-0.05, 0) is 38.0 Å². The molecule has 3 heterocycles. The predicted molar refractivity (Wildman–Crippen MR) is 127 cm³/mol. The van der Waals surface area contributed by atoms with Gasteiger partial charge in [0.1, 0.15) is 17.0 Å². The molecule has 192 valence electrons. The monoisotopic (exact) mass is 503 g/mol. The van der Waals surface area contributed by atoms with E-state index in [1.54, 1.807) is 10.8 Å². The van der Waals surface area contributed by atoms with Crippen LogP contribution < -0.4 is 16.4 Å². The van der Waals surface area contributed by atoms with E-state index in [0.29, 0.717) is 68.1 Å². The fraction of sp³-hybridized carbons (Fsp3) is 0.500. The molecule has 4 N–H and O–H groups in total. The van der Waals surface area contributed by atoms with Gasteiger partial charge in [0.25, 0.3) is 0 Å². The normalized spacial score (nSPS) is 24.6. The van der Waals surface area contributed by atoms with Crippen molar-refractivity contribution in [3.05, 3.63) is 35.8 Å². The Balaban J connectivity index is 1.53. The first-order chi connectivity index (χ1) is 17.3. The van der Waals surface area contributed by atoms with Crippen LogP contribution >= 0.6 is 0 Å². The zero-order chi connectivity index (χ0) is 25.4. The van der Waals surface area contributed by atoms with Crippen molar-refractivity contribution in [2.75, 3.05) is 23.8 Å². The van der Waals surface area contributed by atoms with Gasteiger partial charge >= 0.3 is 0 Å². The van der Waals surface area contributed by atoms with Crippen molar-refractivity contribution in [2.24, 2.45) is 17.6 Å². The third-order valence-corrected chi connectivity index (χ3v) is 7.10. The number of anilines is 3. The maximum atomic E-state index is 14.4. The summed E-state index contributed by atoms with van der Waals surface area (Å²) in [5, 5.41) is 6.08. The van der Waals surface area contributed by atoms with Gasteiger partial charge in [0.15, 0.2) is 17.3 Å². The van der Waals surface area contributed by atoms with Gasteiger partial charge in [0.05, 0.1) is 12.8 Å². The molecule has 1 saturated carbocycles. The van der Waals surface area contributed by atoms with Crippen LogP contribution in [0.3, 0.4) is 0 Å². The molecule has 9 nitrogen and oxygen atoms in total. The number of nitrogens with zero attached hydrogens (tertiary/aromatic N) is 4. The first kappa shape index (κ1) is 24.3. The van der Waals surface area contributed by atoms with E-state index in [0.717, 1.165) is 6.42 Å². The Morgan fingerprint density at radius 1 is 1.11 bits per heavy atom. The van der Waals surface area contributed by atoms with Gasteiger partial charge in [-0.2, -0.15) is 4.98 Å². The molecule has 0 bridgehead atoms. The zero-order valence-corrected chi connectivity index (χ0v) is 19.8. The Bertz CT molecular complexity index is 1250. The molecule has 1 saturated heterocycles. The molecule has 1 aliphatic heterocycles. The molecule has 0 spiro atoms. The van der Waals surface area contributed by atoms with Gasteiger partial charge in [0.2, 0.25) is 17.8 Å². The molecule has 3 aromatic rings. The number of amides is 1. The third kappa shape index (κ3) is 4.81. The second kappa shape index (κ2) is 9.92. The van der Waals surface area contributed by atoms with Crippen molar-refractivity contribution in [1.82, 2.24) is 19.5 Å². The van der Waals surface area contributed by atoms with E-state index in [-0.39, 0.29) is 35.8 Å². The van der Waals surface area contributed by atoms with E-state index in [1.165, 1.54) is 0 Å². The van der Waals surface area contributed by atoms with E-state index >= 15 is 0 Å². The number of aromatic nitrogens is 4. The molecule has 5 rings (SSSR count). The smallest absolute Gasteiger partial charge is 0.224 e. The number of hydrogen-bond donors (Lipinski definition) is 3. The quantitative estimate of drug-likeness (QED) is 0.464. The molecular weight excluding hydrogens is 475 g/mol. The number of nitrogens with one attached hydrogen (secondary N) is 2. The van der Waals surface area contributed by atoms with Crippen molar-refractivity contribution in [3.63, 3.8) is 0 Å². The van der Waals surface area contributed by atoms with Gasteiger partial charge in [-0.15, -0.1) is 0 Å². The summed E-state index contributed by atoms with van der Waals surface area (Å²) in [6.07, 6.45) is 4.73. The number of primary amides is 1. The van der Waals surface area contributed by atoms with Crippen LogP contribution in [0.5, 0.6) is 0 Å². The van der Waals surface area contributed by atoms with Crippen molar-refractivity contribution in [2.45, 2.75) is 51.1 Å². The van der Waals surface area contributed by atoms with Crippen molar-refractivity contribution in [3.8, 4) is 0 Å². The van der Waals surface area contributed by atoms with Gasteiger partial charge in [-0.1, -0.05) is 6.92 Å². The predicted octanol–water partition coefficient (Wildman–Crippen LogP) is 4.04. The van der Waals surface area contributed by atoms with E-state index in [4.69, 9.17) is 15.5 Å². The molecule has 1 aromatic carbocycles. The number of fused-ring (bicyclic) bond motifs is 1. The molecule has 2 atom stereocenters. The fourth-order valence-corrected chi connectivity index (χ4v) is 5.05. The number of ether oxygens (including phenoxy) is 1. The average molecular weight is 504 g/mol. The Kier molecular flexibility index (Phi) is 6.69. The van der Waals surface area contributed by atoms with Gasteiger partial charge < -0.3 is 21.1 Å². The topological polar surface area (TPSA) is 120 Å². The van der Waals surface area contributed by atoms with Crippen LogP contribution in [0.4, 0.5) is 30.8 Å². The minimum Gasteiger partial charge on any atom is -0.381 e. The summed E-state index contributed by atoms with van der Waals surface area (Å²) in [5.41, 5.74) is 5.90. The molecule has 1 amide bonds. The summed E-state index contributed by atoms with van der Waals surface area (Å²) in [4.78, 5) is 25.3. The second-order valence-corrected chi connectivity index (χ2v) is 9.58. The minimum atomic E-state index is -1.08. The third-order valence-electron chi connectivity index (χ3n) is 7.10. The minimum absolute atomic E-state index is 0.138. The molecule has 2 aliphatic rings. The van der Waals surface area contributed by atoms with E-state index in [9.17, 15) is 18.0 Å². The highest BCUT2D eigenvalue weighted by Crippen LogP contribution is 2.37. The van der Waals surface area contributed by atoms with Crippen molar-refractivity contribution < 1.29 is 22.7 Å². The molecule has 2 aromatic heterocycles. The molecule has 1 aliphatic carbocycles. The Morgan fingerprint density at radius 2 is 1.83 bits per heavy atom. The lowest BCUT2D eigenvalue weighted by molar-refractivity contribution is -0.122. The van der Waals surface area contributed by atoms with E-state index < -0.39 is 23.1 Å². The van der Waals surface area contributed by atoms with Crippen LogP contribution in [0.1, 0.15) is 45.1 Å². The average Bonchev–Trinajstić information content (AvgIpc) is 3.20. The first-order valence-electron chi connectivity index (χ1n) is 12.1. The molecular formula is C24H28F3N7O2. The lowest BCUT2D eigenvalue weighted by Crippen LogP contribution is -2.36. The van der Waals surface area contributed by atoms with Crippen LogP contribution in [0.2, 0.25) is 0 Å². The van der Waals surface area contributed by atoms with Crippen molar-refractivity contribution >= 4 is 34.7 Å². The highest BCUT2D eigenvalue weighted by molar-refractivity contribution is 5.78. The number of imidazole rings is 1. The summed E-state index contributed by atoms with van der Waals surface area (Å²) in [5.74, 6) is -2.89. The highest BCUT2D eigenvalue weighted by Gasteiger charge is 2.30. The van der Waals surface area contributed by atoms with Gasteiger partial charge in [-0.3, -0.25) is 9.36 Å². The number of nitrogens with two attached hydrogens (primary N) is 1. The van der Waals surface area contributed by atoms with Crippen LogP contribution in [0.15, 0.2) is 18.3 Å². The summed E-state index contributed by atoms with van der Waals surface area (Å²) < 4.78 is 49.6. The largest absolute Gasteiger partial charge is 0.381 e. The standard InChI is InChI=1S/C24H28F3N7O2/c1-12-11-36-7-6-18(12)30-23-29-10-19-22(33-23)34(15-4-2-13(3-5-15)21(28)35)24(31-19)32-20-16(26)8-14(25)9-17(20)27/h8-10,12-13,15,18H,2-7,11H2,1H3,(H2,28,35)(H,31,32)(H,29,30,33)/t12-,13?,15?,18+/m1/s1. The van der Waals surface area contributed by atoms with Crippen LogP contribution in [-0.4, -0.2) is 44.7 Å². The second-order valence-electron chi connectivity index (χ2n) is 9.58. The lowest BCUT2D eigenvalue weighted by Gasteiger charge is -2.30. The Morgan fingerprint density at radius 3 is 2.50 bits per heavy atom. The number of rotatable bonds is 6. The van der Waals surface area contributed by atoms with Crippen LogP contribution in [-0.2, 0) is 9.53 Å². The molecule has 12 heteroatoms. The molecule has 36 heavy (non-hydrogen) atoms. The number of halogens is 3.